The maximum absolute atomic E-state index is 12.5. The number of ether oxygens (including phenoxy) is 2. The van der Waals surface area contributed by atoms with Gasteiger partial charge in [0, 0.05) is 28.7 Å². The molecule has 0 aliphatic heterocycles. The van der Waals surface area contributed by atoms with Crippen molar-refractivity contribution in [3.63, 3.8) is 0 Å². The molecule has 0 spiro atoms. The Morgan fingerprint density at radius 2 is 1.96 bits per heavy atom. The average Bonchev–Trinajstić information content (AvgIpc) is 2.60. The summed E-state index contributed by atoms with van der Waals surface area (Å²) in [5.74, 6) is -0.602. The maximum Gasteiger partial charge on any atom is 0.387 e. The van der Waals surface area contributed by atoms with Crippen LogP contribution in [0.25, 0.3) is 0 Å². The molecule has 0 bridgehead atoms. The fourth-order valence-electron chi connectivity index (χ4n) is 2.15. The van der Waals surface area contributed by atoms with Crippen molar-refractivity contribution in [2.45, 2.75) is 13.2 Å². The summed E-state index contributed by atoms with van der Waals surface area (Å²) in [7, 11) is 1.32. The lowest BCUT2D eigenvalue weighted by Crippen LogP contribution is -2.24. The van der Waals surface area contributed by atoms with Crippen LogP contribution in [0.3, 0.4) is 0 Å². The van der Waals surface area contributed by atoms with Crippen LogP contribution < -0.4 is 14.8 Å². The first kappa shape index (κ1) is 19.6. The van der Waals surface area contributed by atoms with Gasteiger partial charge in [0.1, 0.15) is 11.5 Å². The number of carbonyl (C=O) groups is 1. The van der Waals surface area contributed by atoms with Crippen LogP contribution in [0.1, 0.15) is 15.9 Å². The van der Waals surface area contributed by atoms with Crippen LogP contribution in [-0.2, 0) is 6.54 Å². The Balaban J connectivity index is 2.22. The lowest BCUT2D eigenvalue weighted by molar-refractivity contribution is -0.384. The van der Waals surface area contributed by atoms with E-state index in [-0.39, 0.29) is 29.3 Å². The van der Waals surface area contributed by atoms with Crippen LogP contribution in [0, 0.1) is 10.1 Å². The monoisotopic (exact) mass is 430 g/mol. The molecule has 0 saturated carbocycles. The number of hydrogen-bond acceptors (Lipinski definition) is 5. The molecular weight excluding hydrogens is 418 g/mol. The van der Waals surface area contributed by atoms with Gasteiger partial charge >= 0.3 is 6.61 Å². The fraction of sp³-hybridized carbons (Fsp3) is 0.188. The van der Waals surface area contributed by atoms with Gasteiger partial charge in [-0.25, -0.2) is 0 Å². The molecule has 2 rings (SSSR count). The molecule has 0 radical (unpaired) electrons. The highest BCUT2D eigenvalue weighted by atomic mass is 79.9. The highest BCUT2D eigenvalue weighted by molar-refractivity contribution is 9.10. The Hall–Kier alpha value is -2.75. The quantitative estimate of drug-likeness (QED) is 0.531. The van der Waals surface area contributed by atoms with Crippen molar-refractivity contribution in [2.75, 3.05) is 7.11 Å². The van der Waals surface area contributed by atoms with Gasteiger partial charge in [0.05, 0.1) is 17.6 Å². The topological polar surface area (TPSA) is 90.7 Å². The lowest BCUT2D eigenvalue weighted by Gasteiger charge is -2.13. The van der Waals surface area contributed by atoms with E-state index in [1.807, 2.05) is 0 Å². The molecular formula is C16H13BrF2N2O5. The van der Waals surface area contributed by atoms with Crippen molar-refractivity contribution in [1.29, 1.82) is 0 Å². The summed E-state index contributed by atoms with van der Waals surface area (Å²) in [5, 5.41) is 13.4. The molecule has 0 aliphatic rings. The Kier molecular flexibility index (Phi) is 6.45. The third kappa shape index (κ3) is 4.88. The molecule has 1 amide bonds. The van der Waals surface area contributed by atoms with Crippen molar-refractivity contribution in [3.05, 3.63) is 62.1 Å². The maximum atomic E-state index is 12.5. The van der Waals surface area contributed by atoms with E-state index >= 15 is 0 Å². The normalized spacial score (nSPS) is 10.5. The summed E-state index contributed by atoms with van der Waals surface area (Å²) < 4.78 is 35.0. The van der Waals surface area contributed by atoms with E-state index in [9.17, 15) is 23.7 Å². The van der Waals surface area contributed by atoms with Gasteiger partial charge in [-0.2, -0.15) is 8.78 Å². The standard InChI is InChI=1S/C16H13BrF2N2O5/c1-25-14-5-3-11(21(23)24)7-12(14)15(22)20-8-9-6-10(17)2-4-13(9)26-16(18)19/h2-7,16H,8H2,1H3,(H,20,22). The second kappa shape index (κ2) is 8.56. The second-order valence-electron chi connectivity index (χ2n) is 4.95. The van der Waals surface area contributed by atoms with Gasteiger partial charge in [0.25, 0.3) is 11.6 Å². The van der Waals surface area contributed by atoms with Crippen molar-refractivity contribution in [2.24, 2.45) is 0 Å². The molecule has 2 aromatic rings. The van der Waals surface area contributed by atoms with Gasteiger partial charge < -0.3 is 14.8 Å². The minimum absolute atomic E-state index is 0.0481. The number of nitrogens with one attached hydrogen (secondary N) is 1. The van der Waals surface area contributed by atoms with Crippen molar-refractivity contribution in [3.8, 4) is 11.5 Å². The van der Waals surface area contributed by atoms with Crippen molar-refractivity contribution < 1.29 is 28.0 Å². The van der Waals surface area contributed by atoms with Crippen LogP contribution >= 0.6 is 15.9 Å². The molecule has 0 heterocycles. The molecule has 0 atom stereocenters. The lowest BCUT2D eigenvalue weighted by atomic mass is 10.1. The molecule has 0 saturated heterocycles. The number of hydrogen-bond donors (Lipinski definition) is 1. The number of non-ortho nitro benzene ring substituents is 1. The second-order valence-corrected chi connectivity index (χ2v) is 5.87. The number of benzene rings is 2. The number of rotatable bonds is 7. The molecule has 138 valence electrons. The molecule has 0 aliphatic carbocycles. The third-order valence-electron chi connectivity index (χ3n) is 3.32. The van der Waals surface area contributed by atoms with E-state index in [0.717, 1.165) is 6.07 Å². The summed E-state index contributed by atoms with van der Waals surface area (Å²) in [4.78, 5) is 22.6. The van der Waals surface area contributed by atoms with E-state index in [1.165, 1.54) is 37.4 Å². The van der Waals surface area contributed by atoms with Crippen molar-refractivity contribution in [1.82, 2.24) is 5.32 Å². The fourth-order valence-corrected chi connectivity index (χ4v) is 2.56. The Morgan fingerprint density at radius 1 is 1.27 bits per heavy atom. The predicted molar refractivity (Wildman–Crippen MR) is 91.6 cm³/mol. The molecule has 0 fully saturated rings. The number of methoxy groups -OCH3 is 1. The highest BCUT2D eigenvalue weighted by Crippen LogP contribution is 2.26. The van der Waals surface area contributed by atoms with Gasteiger partial charge in [0.15, 0.2) is 0 Å². The van der Waals surface area contributed by atoms with E-state index in [0.29, 0.717) is 10.0 Å². The zero-order valence-electron chi connectivity index (χ0n) is 13.4. The van der Waals surface area contributed by atoms with Gasteiger partial charge in [-0.15, -0.1) is 0 Å². The summed E-state index contributed by atoms with van der Waals surface area (Å²) >= 11 is 3.21. The van der Waals surface area contributed by atoms with E-state index in [4.69, 9.17) is 4.74 Å². The molecule has 0 aromatic heterocycles. The SMILES string of the molecule is COc1ccc([N+](=O)[O-])cc1C(=O)NCc1cc(Br)ccc1OC(F)F. The van der Waals surface area contributed by atoms with Gasteiger partial charge in [0.2, 0.25) is 0 Å². The first-order valence-electron chi connectivity index (χ1n) is 7.15. The van der Waals surface area contributed by atoms with Gasteiger partial charge in [-0.05, 0) is 24.3 Å². The molecule has 0 unspecified atom stereocenters. The van der Waals surface area contributed by atoms with Gasteiger partial charge in [-0.3, -0.25) is 14.9 Å². The number of nitrogens with zero attached hydrogens (tertiary/aromatic N) is 1. The van der Waals surface area contributed by atoms with Gasteiger partial charge in [-0.1, -0.05) is 15.9 Å². The third-order valence-corrected chi connectivity index (χ3v) is 3.81. The summed E-state index contributed by atoms with van der Waals surface area (Å²) in [6.07, 6.45) is 0. The molecule has 26 heavy (non-hydrogen) atoms. The number of nitro benzene ring substituents is 1. The predicted octanol–water partition coefficient (Wildman–Crippen LogP) is 3.90. The highest BCUT2D eigenvalue weighted by Gasteiger charge is 2.18. The largest absolute Gasteiger partial charge is 0.496 e. The van der Waals surface area contributed by atoms with Crippen LogP contribution in [-0.4, -0.2) is 24.6 Å². The number of carbonyl (C=O) groups excluding carboxylic acids is 1. The smallest absolute Gasteiger partial charge is 0.387 e. The number of amides is 1. The molecule has 1 N–H and O–H groups in total. The minimum atomic E-state index is -3.01. The summed E-state index contributed by atoms with van der Waals surface area (Å²) in [5.41, 5.74) is -0.0226. The zero-order chi connectivity index (χ0) is 19.3. The first-order chi connectivity index (χ1) is 12.3. The molecule has 7 nitrogen and oxygen atoms in total. The van der Waals surface area contributed by atoms with Crippen LogP contribution in [0.15, 0.2) is 40.9 Å². The minimum Gasteiger partial charge on any atom is -0.496 e. The first-order valence-corrected chi connectivity index (χ1v) is 7.95. The Labute approximate surface area is 155 Å². The van der Waals surface area contributed by atoms with Crippen molar-refractivity contribution >= 4 is 27.5 Å². The number of nitro groups is 1. The van der Waals surface area contributed by atoms with E-state index in [2.05, 4.69) is 26.0 Å². The molecule has 2 aromatic carbocycles. The summed E-state index contributed by atoms with van der Waals surface area (Å²) in [6, 6.07) is 7.96. The zero-order valence-corrected chi connectivity index (χ0v) is 15.0. The number of alkyl halides is 2. The summed E-state index contributed by atoms with van der Waals surface area (Å²) in [6.45, 7) is -3.14. The average molecular weight is 431 g/mol. The van der Waals surface area contributed by atoms with Crippen LogP contribution in [0.2, 0.25) is 0 Å². The van der Waals surface area contributed by atoms with E-state index < -0.39 is 17.4 Å². The van der Waals surface area contributed by atoms with Crippen LogP contribution in [0.5, 0.6) is 11.5 Å². The van der Waals surface area contributed by atoms with E-state index in [1.54, 1.807) is 0 Å². The number of halogens is 3. The molecule has 10 heteroatoms. The van der Waals surface area contributed by atoms with Crippen LogP contribution in [0.4, 0.5) is 14.5 Å². The Bertz CT molecular complexity index is 832. The Morgan fingerprint density at radius 3 is 2.58 bits per heavy atom.